The Hall–Kier alpha value is -2.71. The van der Waals surface area contributed by atoms with Crippen LogP contribution in [0.2, 0.25) is 5.02 Å². The van der Waals surface area contributed by atoms with Gasteiger partial charge >= 0.3 is 0 Å². The molecule has 9 heteroatoms. The Labute approximate surface area is 159 Å². The number of rotatable bonds is 7. The number of benzene rings is 1. The topological polar surface area (TPSA) is 85.6 Å². The van der Waals surface area contributed by atoms with Gasteiger partial charge in [0.05, 0.1) is 11.4 Å². The highest BCUT2D eigenvalue weighted by Gasteiger charge is 2.20. The summed E-state index contributed by atoms with van der Waals surface area (Å²) in [4.78, 5) is 20.8. The maximum Gasteiger partial charge on any atom is 0.274 e. The quantitative estimate of drug-likeness (QED) is 0.381. The molecule has 0 bridgehead atoms. The van der Waals surface area contributed by atoms with Crippen LogP contribution in [0.3, 0.4) is 0 Å². The fourth-order valence-electron chi connectivity index (χ4n) is 2.14. The summed E-state index contributed by atoms with van der Waals surface area (Å²) in [6.07, 6.45) is 4.94. The van der Waals surface area contributed by atoms with Crippen LogP contribution < -0.4 is 5.32 Å². The molecule has 7 nitrogen and oxygen atoms in total. The Morgan fingerprint density at radius 1 is 1.27 bits per heavy atom. The second kappa shape index (κ2) is 8.59. The van der Waals surface area contributed by atoms with Gasteiger partial charge in [-0.3, -0.25) is 4.79 Å². The van der Waals surface area contributed by atoms with Crippen LogP contribution in [0.5, 0.6) is 0 Å². The minimum atomic E-state index is -0.310. The van der Waals surface area contributed by atoms with Gasteiger partial charge in [-0.15, -0.1) is 11.7 Å². The maximum atomic E-state index is 12.4. The summed E-state index contributed by atoms with van der Waals surface area (Å²) < 4.78 is 1.62. The van der Waals surface area contributed by atoms with Gasteiger partial charge in [0.2, 0.25) is 0 Å². The maximum absolute atomic E-state index is 12.4. The first kappa shape index (κ1) is 18.1. The van der Waals surface area contributed by atoms with E-state index in [0.29, 0.717) is 28.2 Å². The number of nitrogens with zero attached hydrogens (tertiary/aromatic N) is 5. The monoisotopic (exact) mass is 386 g/mol. The number of halogens is 1. The van der Waals surface area contributed by atoms with Gasteiger partial charge < -0.3 is 5.32 Å². The van der Waals surface area contributed by atoms with E-state index in [4.69, 9.17) is 11.6 Å². The lowest BCUT2D eigenvalue weighted by atomic mass is 10.3. The van der Waals surface area contributed by atoms with Crippen molar-refractivity contribution in [1.82, 2.24) is 30.3 Å². The van der Waals surface area contributed by atoms with E-state index >= 15 is 0 Å². The van der Waals surface area contributed by atoms with E-state index < -0.39 is 0 Å². The van der Waals surface area contributed by atoms with Gasteiger partial charge in [0.25, 0.3) is 5.91 Å². The lowest BCUT2D eigenvalue weighted by molar-refractivity contribution is 0.0952. The highest BCUT2D eigenvalue weighted by molar-refractivity contribution is 7.98. The molecular formula is C17H15ClN6OS. The van der Waals surface area contributed by atoms with Crippen molar-refractivity contribution in [3.63, 3.8) is 0 Å². The fraction of sp³-hybridized carbons (Fsp3) is 0.118. The summed E-state index contributed by atoms with van der Waals surface area (Å²) in [5, 5.41) is 12.1. The molecular weight excluding hydrogens is 372 g/mol. The average Bonchev–Trinajstić information content (AvgIpc) is 3.10. The lowest BCUT2D eigenvalue weighted by Gasteiger charge is -2.08. The molecule has 26 heavy (non-hydrogen) atoms. The van der Waals surface area contributed by atoms with Crippen molar-refractivity contribution in [3.05, 3.63) is 71.8 Å². The highest BCUT2D eigenvalue weighted by atomic mass is 35.5. The number of carbonyl (C=O) groups is 1. The van der Waals surface area contributed by atoms with Crippen LogP contribution in [-0.2, 0) is 5.75 Å². The second-order valence-electron chi connectivity index (χ2n) is 5.09. The van der Waals surface area contributed by atoms with Crippen LogP contribution in [0, 0.1) is 0 Å². The van der Waals surface area contributed by atoms with Crippen LogP contribution in [0.4, 0.5) is 0 Å². The van der Waals surface area contributed by atoms with Gasteiger partial charge in [-0.25, -0.2) is 14.6 Å². The number of nitrogens with one attached hydrogen (secondary N) is 1. The van der Waals surface area contributed by atoms with E-state index in [9.17, 15) is 4.79 Å². The number of thioether (sulfide) groups is 1. The minimum absolute atomic E-state index is 0.255. The predicted octanol–water partition coefficient (Wildman–Crippen LogP) is 2.92. The van der Waals surface area contributed by atoms with Crippen molar-refractivity contribution >= 4 is 29.3 Å². The third-order valence-electron chi connectivity index (χ3n) is 3.34. The van der Waals surface area contributed by atoms with Gasteiger partial charge in [0.1, 0.15) is 0 Å². The van der Waals surface area contributed by atoms with Crippen LogP contribution >= 0.6 is 23.4 Å². The van der Waals surface area contributed by atoms with Crippen LogP contribution in [0.1, 0.15) is 16.2 Å². The SMILES string of the molecule is C=CCNC(=O)c1nnn(-c2ccc(Cl)cc2)c1CSc1ncccn1. The Bertz CT molecular complexity index is 897. The smallest absolute Gasteiger partial charge is 0.274 e. The summed E-state index contributed by atoms with van der Waals surface area (Å²) in [7, 11) is 0. The van der Waals surface area contributed by atoms with E-state index in [1.165, 1.54) is 11.8 Å². The van der Waals surface area contributed by atoms with E-state index in [-0.39, 0.29) is 11.6 Å². The molecule has 132 valence electrons. The zero-order valence-corrected chi connectivity index (χ0v) is 15.2. The number of carbonyl (C=O) groups excluding carboxylic acids is 1. The molecule has 0 spiro atoms. The molecule has 2 heterocycles. The van der Waals surface area contributed by atoms with E-state index in [2.05, 4.69) is 32.2 Å². The summed E-state index contributed by atoms with van der Waals surface area (Å²) in [6, 6.07) is 8.89. The van der Waals surface area contributed by atoms with Crippen molar-refractivity contribution in [2.75, 3.05) is 6.54 Å². The summed E-state index contributed by atoms with van der Waals surface area (Å²) >= 11 is 7.35. The van der Waals surface area contributed by atoms with Gasteiger partial charge in [-0.2, -0.15) is 0 Å². The number of amides is 1. The molecule has 0 aliphatic rings. The second-order valence-corrected chi connectivity index (χ2v) is 6.47. The molecule has 0 aliphatic carbocycles. The van der Waals surface area contributed by atoms with Crippen molar-refractivity contribution in [2.24, 2.45) is 0 Å². The number of hydrogen-bond acceptors (Lipinski definition) is 6. The Kier molecular flexibility index (Phi) is 5.98. The molecule has 0 saturated carbocycles. The van der Waals surface area contributed by atoms with E-state index in [1.807, 2.05) is 12.1 Å². The van der Waals surface area contributed by atoms with Crippen molar-refractivity contribution in [2.45, 2.75) is 10.9 Å². The number of hydrogen-bond donors (Lipinski definition) is 1. The first-order valence-electron chi connectivity index (χ1n) is 7.68. The fourth-order valence-corrected chi connectivity index (χ4v) is 3.06. The van der Waals surface area contributed by atoms with E-state index in [0.717, 1.165) is 5.69 Å². The molecule has 0 fully saturated rings. The van der Waals surface area contributed by atoms with Crippen molar-refractivity contribution in [3.8, 4) is 5.69 Å². The Morgan fingerprint density at radius 3 is 2.69 bits per heavy atom. The van der Waals surface area contributed by atoms with Gasteiger partial charge in [-0.05, 0) is 30.3 Å². The van der Waals surface area contributed by atoms with Crippen molar-refractivity contribution < 1.29 is 4.79 Å². The Morgan fingerprint density at radius 2 is 2.00 bits per heavy atom. The standard InChI is InChI=1S/C17H15ClN6OS/c1-2-8-19-16(25)15-14(11-26-17-20-9-3-10-21-17)24(23-22-15)13-6-4-12(18)5-7-13/h2-7,9-10H,1,8,11H2,(H,19,25). The molecule has 0 radical (unpaired) electrons. The zero-order chi connectivity index (χ0) is 18.4. The predicted molar refractivity (Wildman–Crippen MR) is 100 cm³/mol. The molecule has 1 N–H and O–H groups in total. The van der Waals surface area contributed by atoms with Crippen LogP contribution in [0.25, 0.3) is 5.69 Å². The number of aromatic nitrogens is 5. The first-order valence-corrected chi connectivity index (χ1v) is 9.05. The van der Waals surface area contributed by atoms with Crippen LogP contribution in [0.15, 0.2) is 60.5 Å². The van der Waals surface area contributed by atoms with Gasteiger partial charge in [0, 0.05) is 29.7 Å². The third-order valence-corrected chi connectivity index (χ3v) is 4.48. The third kappa shape index (κ3) is 4.27. The molecule has 3 aromatic rings. The molecule has 0 saturated heterocycles. The molecule has 3 rings (SSSR count). The molecule has 0 aliphatic heterocycles. The molecule has 2 aromatic heterocycles. The summed E-state index contributed by atoms with van der Waals surface area (Å²) in [5.41, 5.74) is 1.66. The van der Waals surface area contributed by atoms with Gasteiger partial charge in [0.15, 0.2) is 10.9 Å². The lowest BCUT2D eigenvalue weighted by Crippen LogP contribution is -2.25. The first-order chi connectivity index (χ1) is 12.7. The summed E-state index contributed by atoms with van der Waals surface area (Å²) in [5.74, 6) is 0.117. The van der Waals surface area contributed by atoms with Gasteiger partial charge in [-0.1, -0.05) is 34.7 Å². The molecule has 1 aromatic carbocycles. The average molecular weight is 387 g/mol. The zero-order valence-electron chi connectivity index (χ0n) is 13.7. The van der Waals surface area contributed by atoms with E-state index in [1.54, 1.807) is 41.4 Å². The largest absolute Gasteiger partial charge is 0.347 e. The highest BCUT2D eigenvalue weighted by Crippen LogP contribution is 2.23. The molecule has 0 unspecified atom stereocenters. The normalized spacial score (nSPS) is 10.5. The van der Waals surface area contributed by atoms with Crippen molar-refractivity contribution in [1.29, 1.82) is 0 Å². The molecule has 0 atom stereocenters. The minimum Gasteiger partial charge on any atom is -0.347 e. The molecule has 1 amide bonds. The van der Waals surface area contributed by atoms with Crippen LogP contribution in [-0.4, -0.2) is 37.4 Å². The Balaban J connectivity index is 1.93. The summed E-state index contributed by atoms with van der Waals surface area (Å²) in [6.45, 7) is 3.94.